The lowest BCUT2D eigenvalue weighted by molar-refractivity contribution is 0.217. The van der Waals surface area contributed by atoms with Gasteiger partial charge in [-0.15, -0.1) is 0 Å². The Morgan fingerprint density at radius 3 is 2.45 bits per heavy atom. The quantitative estimate of drug-likeness (QED) is 0.521. The highest BCUT2D eigenvalue weighted by Crippen LogP contribution is 2.24. The lowest BCUT2D eigenvalue weighted by Crippen LogP contribution is -2.39. The number of amides is 2. The monoisotopic (exact) mass is 426 g/mol. The highest BCUT2D eigenvalue weighted by molar-refractivity contribution is 6.05. The summed E-state index contributed by atoms with van der Waals surface area (Å²) < 4.78 is 5.34. The molecule has 170 valence electrons. The van der Waals surface area contributed by atoms with E-state index in [1.54, 1.807) is 7.11 Å². The molecule has 0 aliphatic carbocycles. The molecule has 2 aromatic rings. The van der Waals surface area contributed by atoms with Gasteiger partial charge in [-0.2, -0.15) is 0 Å². The lowest BCUT2D eigenvalue weighted by Gasteiger charge is -2.30. The molecule has 0 spiro atoms. The largest absolute Gasteiger partial charge is 0.497 e. The van der Waals surface area contributed by atoms with Crippen LogP contribution in [-0.2, 0) is 0 Å². The van der Waals surface area contributed by atoms with Crippen LogP contribution in [0.5, 0.6) is 5.75 Å². The molecule has 0 radical (unpaired) electrons. The molecule has 0 saturated carbocycles. The number of methoxy groups -OCH3 is 1. The zero-order valence-electron chi connectivity index (χ0n) is 19.8. The van der Waals surface area contributed by atoms with E-state index in [0.717, 1.165) is 42.7 Å². The fourth-order valence-electron chi connectivity index (χ4n) is 4.02. The van der Waals surface area contributed by atoms with Gasteiger partial charge < -0.3 is 20.7 Å². The minimum absolute atomic E-state index is 0.0827. The van der Waals surface area contributed by atoms with Crippen LogP contribution in [0.4, 0.5) is 4.79 Å². The summed E-state index contributed by atoms with van der Waals surface area (Å²) in [6.07, 6.45) is 2.91. The first kappa shape index (κ1) is 24.7. The number of aliphatic imine (C=N–C) groups is 1. The Bertz CT molecular complexity index is 896. The van der Waals surface area contributed by atoms with Gasteiger partial charge in [0, 0.05) is 37.3 Å². The Hall–Kier alpha value is -2.60. The molecular formula is C25H38N4O2. The van der Waals surface area contributed by atoms with Crippen molar-refractivity contribution in [2.24, 2.45) is 16.6 Å². The maximum Gasteiger partial charge on any atom is 0.312 e. The summed E-state index contributed by atoms with van der Waals surface area (Å²) in [6, 6.07) is 12.7. The highest BCUT2D eigenvalue weighted by Gasteiger charge is 2.21. The number of carbonyl (C=O) groups is 1. The van der Waals surface area contributed by atoms with Gasteiger partial charge in [0.15, 0.2) is 0 Å². The summed E-state index contributed by atoms with van der Waals surface area (Å²) in [6.45, 7) is 7.38. The number of nitrogens with zero attached hydrogens (tertiary/aromatic N) is 2. The molecule has 3 atom stereocenters. The van der Waals surface area contributed by atoms with Crippen LogP contribution in [-0.4, -0.2) is 56.5 Å². The van der Waals surface area contributed by atoms with E-state index < -0.39 is 6.03 Å². The molecule has 0 bridgehead atoms. The normalized spacial score (nSPS) is 15.0. The van der Waals surface area contributed by atoms with Crippen molar-refractivity contribution in [1.82, 2.24) is 10.2 Å². The van der Waals surface area contributed by atoms with Crippen molar-refractivity contribution in [1.29, 1.82) is 0 Å². The Morgan fingerprint density at radius 1 is 1.16 bits per heavy atom. The van der Waals surface area contributed by atoms with E-state index in [9.17, 15) is 4.79 Å². The van der Waals surface area contributed by atoms with Crippen LogP contribution in [0.3, 0.4) is 0 Å². The van der Waals surface area contributed by atoms with Crippen molar-refractivity contribution < 1.29 is 9.53 Å². The average molecular weight is 427 g/mol. The van der Waals surface area contributed by atoms with Gasteiger partial charge in [-0.1, -0.05) is 25.1 Å². The first-order chi connectivity index (χ1) is 14.8. The third kappa shape index (κ3) is 6.96. The highest BCUT2D eigenvalue weighted by atomic mass is 16.5. The van der Waals surface area contributed by atoms with E-state index in [1.165, 1.54) is 10.9 Å². The molecular weight excluding hydrogens is 388 g/mol. The topological polar surface area (TPSA) is 80.0 Å². The number of nitrogens with one attached hydrogen (secondary N) is 1. The lowest BCUT2D eigenvalue weighted by atomic mass is 9.91. The van der Waals surface area contributed by atoms with Crippen molar-refractivity contribution >= 4 is 22.5 Å². The fraction of sp³-hybridized carbons (Fsp3) is 0.520. The van der Waals surface area contributed by atoms with E-state index in [1.807, 2.05) is 20.0 Å². The van der Waals surface area contributed by atoms with Crippen molar-refractivity contribution in [3.63, 3.8) is 0 Å². The molecule has 31 heavy (non-hydrogen) atoms. The van der Waals surface area contributed by atoms with Gasteiger partial charge in [-0.3, -0.25) is 4.99 Å². The molecule has 2 amide bonds. The summed E-state index contributed by atoms with van der Waals surface area (Å²) in [7, 11) is 5.74. The standard InChI is InChI=1S/C25H38N4O2/c1-7-19(16-29(5)18(3)9-8-17(2)28-25(26)30)24(27-4)22-11-10-21-15-23(31-6)13-12-20(21)14-22/h10-15,17-19H,7-9,16H2,1-6H3,(H3,26,28,30). The molecule has 0 aromatic heterocycles. The van der Waals surface area contributed by atoms with Gasteiger partial charge >= 0.3 is 6.03 Å². The number of rotatable bonds is 11. The fourth-order valence-corrected chi connectivity index (χ4v) is 4.02. The van der Waals surface area contributed by atoms with Gasteiger partial charge in [0.1, 0.15) is 5.75 Å². The maximum absolute atomic E-state index is 11.0. The number of fused-ring (bicyclic) bond motifs is 1. The molecule has 3 unspecified atom stereocenters. The summed E-state index contributed by atoms with van der Waals surface area (Å²) in [5.41, 5.74) is 7.53. The van der Waals surface area contributed by atoms with Gasteiger partial charge in [0.25, 0.3) is 0 Å². The van der Waals surface area contributed by atoms with Crippen LogP contribution in [0, 0.1) is 5.92 Å². The molecule has 0 heterocycles. The van der Waals surface area contributed by atoms with Crippen molar-refractivity contribution in [3.05, 3.63) is 42.0 Å². The minimum atomic E-state index is -0.461. The predicted octanol–water partition coefficient (Wildman–Crippen LogP) is 4.45. The number of hydrogen-bond acceptors (Lipinski definition) is 4. The molecule has 0 aliphatic rings. The summed E-state index contributed by atoms with van der Waals surface area (Å²) >= 11 is 0. The van der Waals surface area contributed by atoms with Crippen LogP contribution >= 0.6 is 0 Å². The van der Waals surface area contributed by atoms with Gasteiger partial charge in [0.05, 0.1) is 7.11 Å². The number of nitrogens with two attached hydrogens (primary N) is 1. The molecule has 0 saturated heterocycles. The first-order valence-corrected chi connectivity index (χ1v) is 11.1. The van der Waals surface area contributed by atoms with Crippen molar-refractivity contribution in [2.75, 3.05) is 27.7 Å². The second-order valence-electron chi connectivity index (χ2n) is 8.42. The van der Waals surface area contributed by atoms with Gasteiger partial charge in [0.2, 0.25) is 0 Å². The van der Waals surface area contributed by atoms with E-state index in [4.69, 9.17) is 15.5 Å². The summed E-state index contributed by atoms with van der Waals surface area (Å²) in [4.78, 5) is 18.1. The zero-order chi connectivity index (χ0) is 23.0. The molecule has 2 aromatic carbocycles. The molecule has 0 fully saturated rings. The SMILES string of the molecule is CCC(CN(C)C(C)CCC(C)NC(N)=O)C(=NC)c1ccc2cc(OC)ccc2c1. The number of benzene rings is 2. The van der Waals surface area contributed by atoms with E-state index in [0.29, 0.717) is 12.0 Å². The van der Waals surface area contributed by atoms with Crippen LogP contribution in [0.25, 0.3) is 10.8 Å². The second-order valence-corrected chi connectivity index (χ2v) is 8.42. The van der Waals surface area contributed by atoms with Crippen LogP contribution < -0.4 is 15.8 Å². The Labute approximate surface area is 186 Å². The third-order valence-corrected chi connectivity index (χ3v) is 6.13. The third-order valence-electron chi connectivity index (χ3n) is 6.13. The molecule has 6 heteroatoms. The van der Waals surface area contributed by atoms with Crippen molar-refractivity contribution in [3.8, 4) is 5.75 Å². The zero-order valence-corrected chi connectivity index (χ0v) is 19.8. The predicted molar refractivity (Wildman–Crippen MR) is 130 cm³/mol. The van der Waals surface area contributed by atoms with E-state index >= 15 is 0 Å². The van der Waals surface area contributed by atoms with Crippen molar-refractivity contribution in [2.45, 2.75) is 52.1 Å². The van der Waals surface area contributed by atoms with Gasteiger partial charge in [-0.05, 0) is 74.7 Å². The van der Waals surface area contributed by atoms with Crippen LogP contribution in [0.2, 0.25) is 0 Å². The molecule has 3 N–H and O–H groups in total. The molecule has 2 rings (SSSR count). The van der Waals surface area contributed by atoms with Gasteiger partial charge in [-0.25, -0.2) is 4.79 Å². The minimum Gasteiger partial charge on any atom is -0.497 e. The number of ether oxygens (including phenoxy) is 1. The average Bonchev–Trinajstić information content (AvgIpc) is 2.76. The van der Waals surface area contributed by atoms with E-state index in [-0.39, 0.29) is 6.04 Å². The Kier molecular flexibility index (Phi) is 9.31. The number of hydrogen-bond donors (Lipinski definition) is 2. The number of urea groups is 1. The van der Waals surface area contributed by atoms with Crippen LogP contribution in [0.15, 0.2) is 41.4 Å². The summed E-state index contributed by atoms with van der Waals surface area (Å²) in [5.74, 6) is 1.21. The molecule has 6 nitrogen and oxygen atoms in total. The smallest absolute Gasteiger partial charge is 0.312 e. The number of carbonyl (C=O) groups excluding carboxylic acids is 1. The van der Waals surface area contributed by atoms with Crippen LogP contribution in [0.1, 0.15) is 45.6 Å². The molecule has 0 aliphatic heterocycles. The number of primary amides is 1. The Balaban J connectivity index is 2.08. The van der Waals surface area contributed by atoms with E-state index in [2.05, 4.69) is 61.4 Å². The second kappa shape index (κ2) is 11.7. The maximum atomic E-state index is 11.0. The Morgan fingerprint density at radius 2 is 1.84 bits per heavy atom. The first-order valence-electron chi connectivity index (χ1n) is 11.1. The summed E-state index contributed by atoms with van der Waals surface area (Å²) in [5, 5.41) is 5.10.